The molecule has 1 amide bonds. The maximum absolute atomic E-state index is 12.0. The smallest absolute Gasteiger partial charge is 0.238 e. The first-order chi connectivity index (χ1) is 10.8. The van der Waals surface area contributed by atoms with Crippen molar-refractivity contribution < 1.29 is 4.79 Å². The van der Waals surface area contributed by atoms with Crippen molar-refractivity contribution in [2.45, 2.75) is 76.9 Å². The van der Waals surface area contributed by atoms with Gasteiger partial charge in [-0.25, -0.2) is 0 Å². The molecule has 0 radical (unpaired) electrons. The van der Waals surface area contributed by atoms with E-state index in [-0.39, 0.29) is 18.1 Å². The van der Waals surface area contributed by atoms with Crippen LogP contribution in [0.2, 0.25) is 0 Å². The van der Waals surface area contributed by atoms with Crippen molar-refractivity contribution in [1.29, 1.82) is 0 Å². The molecule has 2 atom stereocenters. The van der Waals surface area contributed by atoms with E-state index < -0.39 is 0 Å². The number of benzene rings is 1. The summed E-state index contributed by atoms with van der Waals surface area (Å²) >= 11 is 0. The van der Waals surface area contributed by atoms with Crippen molar-refractivity contribution in [3.63, 3.8) is 0 Å². The van der Waals surface area contributed by atoms with Gasteiger partial charge in [-0.15, -0.1) is 0 Å². The summed E-state index contributed by atoms with van der Waals surface area (Å²) in [4.78, 5) is 12.0. The van der Waals surface area contributed by atoms with Gasteiger partial charge >= 0.3 is 0 Å². The van der Waals surface area contributed by atoms with Crippen LogP contribution in [0.25, 0.3) is 0 Å². The van der Waals surface area contributed by atoms with E-state index in [9.17, 15) is 4.79 Å². The Hall–Kier alpha value is -1.35. The van der Waals surface area contributed by atoms with Crippen molar-refractivity contribution in [3.05, 3.63) is 35.9 Å². The van der Waals surface area contributed by atoms with Crippen LogP contribution in [0.3, 0.4) is 0 Å². The Morgan fingerprint density at radius 3 is 2.36 bits per heavy atom. The number of hydrogen-bond acceptors (Lipinski definition) is 2. The van der Waals surface area contributed by atoms with Crippen molar-refractivity contribution in [1.82, 2.24) is 10.6 Å². The number of nitrogens with one attached hydrogen (secondary N) is 2. The maximum Gasteiger partial charge on any atom is 0.238 e. The molecule has 3 heteroatoms. The molecule has 0 aromatic heterocycles. The lowest BCUT2D eigenvalue weighted by atomic mass is 10.1. The molecule has 1 aromatic carbocycles. The fourth-order valence-corrected chi connectivity index (χ4v) is 3.10. The van der Waals surface area contributed by atoms with E-state index in [1.807, 2.05) is 18.2 Å². The van der Waals surface area contributed by atoms with Gasteiger partial charge < -0.3 is 5.32 Å². The van der Waals surface area contributed by atoms with Crippen molar-refractivity contribution in [2.75, 3.05) is 0 Å². The Kier molecular flexibility index (Phi) is 7.44. The third kappa shape index (κ3) is 5.80. The van der Waals surface area contributed by atoms with Crippen LogP contribution >= 0.6 is 0 Å². The summed E-state index contributed by atoms with van der Waals surface area (Å²) in [7, 11) is 0. The molecular weight excluding hydrogens is 272 g/mol. The first-order valence-corrected chi connectivity index (χ1v) is 8.90. The minimum absolute atomic E-state index is 0.0723. The van der Waals surface area contributed by atoms with Crippen LogP contribution in [0.4, 0.5) is 0 Å². The zero-order valence-electron chi connectivity index (χ0n) is 13.8. The van der Waals surface area contributed by atoms with Gasteiger partial charge in [-0.3, -0.25) is 10.1 Å². The standard InChI is InChI=1S/C19H30N2O/c1-2-3-4-5-6-7-11-14-18-20-17(19(22)21-18)15-16-12-9-8-10-13-16/h8-10,12-13,17-18,20H,2-7,11,14-15H2,1H3,(H,21,22)/t17-,18?/m0/s1. The molecule has 0 bridgehead atoms. The average Bonchev–Trinajstić information content (AvgIpc) is 2.87. The number of hydrogen-bond donors (Lipinski definition) is 2. The predicted molar refractivity (Wildman–Crippen MR) is 91.6 cm³/mol. The van der Waals surface area contributed by atoms with Crippen molar-refractivity contribution in [3.8, 4) is 0 Å². The van der Waals surface area contributed by atoms with E-state index in [0.29, 0.717) is 0 Å². The van der Waals surface area contributed by atoms with Crippen molar-refractivity contribution >= 4 is 5.91 Å². The van der Waals surface area contributed by atoms with Gasteiger partial charge in [0.25, 0.3) is 0 Å². The van der Waals surface area contributed by atoms with Gasteiger partial charge in [-0.1, -0.05) is 82.2 Å². The number of amides is 1. The zero-order valence-corrected chi connectivity index (χ0v) is 13.8. The highest BCUT2D eigenvalue weighted by molar-refractivity contribution is 5.84. The quantitative estimate of drug-likeness (QED) is 0.646. The molecule has 1 aliphatic rings. The van der Waals surface area contributed by atoms with Crippen LogP contribution in [0.5, 0.6) is 0 Å². The topological polar surface area (TPSA) is 41.1 Å². The fraction of sp³-hybridized carbons (Fsp3) is 0.632. The number of carbonyl (C=O) groups excluding carboxylic acids is 1. The molecule has 2 rings (SSSR count). The normalized spacial score (nSPS) is 21.0. The van der Waals surface area contributed by atoms with Crippen LogP contribution < -0.4 is 10.6 Å². The van der Waals surface area contributed by atoms with Gasteiger partial charge in [0.1, 0.15) is 0 Å². The molecule has 1 aliphatic heterocycles. The second-order valence-corrected chi connectivity index (χ2v) is 6.38. The summed E-state index contributed by atoms with van der Waals surface area (Å²) < 4.78 is 0. The molecule has 0 aliphatic carbocycles. The first kappa shape index (κ1) is 17.0. The molecule has 3 nitrogen and oxygen atoms in total. The van der Waals surface area contributed by atoms with Gasteiger partial charge in [0.05, 0.1) is 12.2 Å². The minimum Gasteiger partial charge on any atom is -0.339 e. The molecule has 1 unspecified atom stereocenters. The monoisotopic (exact) mass is 302 g/mol. The third-order valence-corrected chi connectivity index (χ3v) is 4.41. The van der Waals surface area contributed by atoms with Crippen LogP contribution in [0, 0.1) is 0 Å². The van der Waals surface area contributed by atoms with Gasteiger partial charge in [-0.2, -0.15) is 0 Å². The molecule has 122 valence electrons. The summed E-state index contributed by atoms with van der Waals surface area (Å²) in [5.41, 5.74) is 1.21. The van der Waals surface area contributed by atoms with Gasteiger partial charge in [0, 0.05) is 0 Å². The van der Waals surface area contributed by atoms with E-state index >= 15 is 0 Å². The third-order valence-electron chi connectivity index (χ3n) is 4.41. The van der Waals surface area contributed by atoms with Gasteiger partial charge in [0.15, 0.2) is 0 Å². The SMILES string of the molecule is CCCCCCCCCC1NC(=O)[C@H](Cc2ccccc2)N1. The van der Waals surface area contributed by atoms with Gasteiger partial charge in [0.2, 0.25) is 5.91 Å². The lowest BCUT2D eigenvalue weighted by Crippen LogP contribution is -2.34. The van der Waals surface area contributed by atoms with Gasteiger partial charge in [-0.05, 0) is 18.4 Å². The highest BCUT2D eigenvalue weighted by Gasteiger charge is 2.30. The molecule has 1 heterocycles. The minimum atomic E-state index is -0.0723. The van der Waals surface area contributed by atoms with Crippen LogP contribution in [-0.4, -0.2) is 18.1 Å². The molecular formula is C19H30N2O. The summed E-state index contributed by atoms with van der Waals surface area (Å²) in [5.74, 6) is 0.150. The highest BCUT2D eigenvalue weighted by atomic mass is 16.2. The molecule has 2 N–H and O–H groups in total. The number of unbranched alkanes of at least 4 members (excludes halogenated alkanes) is 6. The maximum atomic E-state index is 12.0. The van der Waals surface area contributed by atoms with E-state index in [4.69, 9.17) is 0 Å². The molecule has 1 aromatic rings. The zero-order chi connectivity index (χ0) is 15.6. The lowest BCUT2D eigenvalue weighted by molar-refractivity contribution is -0.120. The average molecular weight is 302 g/mol. The summed E-state index contributed by atoms with van der Waals surface area (Å²) in [5, 5.41) is 6.53. The molecule has 22 heavy (non-hydrogen) atoms. The Morgan fingerprint density at radius 2 is 1.64 bits per heavy atom. The molecule has 1 fully saturated rings. The van der Waals surface area contributed by atoms with E-state index in [1.165, 1.54) is 50.5 Å². The van der Waals surface area contributed by atoms with E-state index in [0.717, 1.165) is 12.8 Å². The molecule has 0 saturated carbocycles. The fourth-order valence-electron chi connectivity index (χ4n) is 3.10. The highest BCUT2D eigenvalue weighted by Crippen LogP contribution is 2.13. The van der Waals surface area contributed by atoms with Crippen LogP contribution in [-0.2, 0) is 11.2 Å². The summed E-state index contributed by atoms with van der Waals surface area (Å²) in [6.45, 7) is 2.25. The van der Waals surface area contributed by atoms with Crippen LogP contribution in [0.1, 0.15) is 63.9 Å². The van der Waals surface area contributed by atoms with E-state index in [2.05, 4.69) is 29.7 Å². The second-order valence-electron chi connectivity index (χ2n) is 6.38. The molecule has 0 spiro atoms. The largest absolute Gasteiger partial charge is 0.339 e. The summed E-state index contributed by atoms with van der Waals surface area (Å²) in [6.07, 6.45) is 11.2. The Labute approximate surface area is 134 Å². The number of rotatable bonds is 10. The molecule has 1 saturated heterocycles. The van der Waals surface area contributed by atoms with Crippen molar-refractivity contribution in [2.24, 2.45) is 0 Å². The first-order valence-electron chi connectivity index (χ1n) is 8.90. The number of carbonyl (C=O) groups is 1. The predicted octanol–water partition coefficient (Wildman–Crippen LogP) is 3.78. The van der Waals surface area contributed by atoms with E-state index in [1.54, 1.807) is 0 Å². The lowest BCUT2D eigenvalue weighted by Gasteiger charge is -2.12. The Balaban J connectivity index is 1.61. The van der Waals surface area contributed by atoms with Crippen LogP contribution in [0.15, 0.2) is 30.3 Å². The second kappa shape index (κ2) is 9.62. The Morgan fingerprint density at radius 1 is 0.955 bits per heavy atom. The summed E-state index contributed by atoms with van der Waals surface area (Å²) in [6, 6.07) is 10.2. The Bertz CT molecular complexity index is 432.